The Kier molecular flexibility index (Phi) is 5.10. The molecule has 1 aromatic heterocycles. The Balaban J connectivity index is 1.38. The summed E-state index contributed by atoms with van der Waals surface area (Å²) in [5.41, 5.74) is 4.66. The summed E-state index contributed by atoms with van der Waals surface area (Å²) in [5, 5.41) is 4.17. The van der Waals surface area contributed by atoms with Crippen molar-refractivity contribution in [2.24, 2.45) is 0 Å². The lowest BCUT2D eigenvalue weighted by atomic mass is 10.0. The standard InChI is InChI=1S/C22H25N3O3/c1-27-16-5-3-15(4-6-16)9-11-23-22(26)25-12-10-21-19(14-25)18-13-17(28-2)7-8-20(18)24-21/h3-8,13,24H,9-12,14H2,1-2H3,(H,23,26). The van der Waals surface area contributed by atoms with E-state index in [1.54, 1.807) is 14.2 Å². The van der Waals surface area contributed by atoms with Crippen LogP contribution in [-0.4, -0.2) is 43.2 Å². The van der Waals surface area contributed by atoms with Gasteiger partial charge >= 0.3 is 6.03 Å². The second kappa shape index (κ2) is 7.84. The van der Waals surface area contributed by atoms with E-state index < -0.39 is 0 Å². The monoisotopic (exact) mass is 379 g/mol. The molecule has 2 aromatic carbocycles. The van der Waals surface area contributed by atoms with Crippen molar-refractivity contribution < 1.29 is 14.3 Å². The first-order valence-electron chi connectivity index (χ1n) is 9.51. The molecule has 2 N–H and O–H groups in total. The summed E-state index contributed by atoms with van der Waals surface area (Å²) in [6.45, 7) is 1.93. The molecule has 1 aliphatic rings. The number of nitrogens with zero attached hydrogens (tertiary/aromatic N) is 1. The average Bonchev–Trinajstić information content (AvgIpc) is 3.11. The number of carbonyl (C=O) groups excluding carboxylic acids is 1. The van der Waals surface area contributed by atoms with Gasteiger partial charge < -0.3 is 24.7 Å². The summed E-state index contributed by atoms with van der Waals surface area (Å²) in [6, 6.07) is 13.9. The maximum atomic E-state index is 12.6. The molecule has 0 atom stereocenters. The molecule has 6 heteroatoms. The number of H-pyrrole nitrogens is 1. The zero-order valence-corrected chi connectivity index (χ0v) is 16.2. The number of hydrogen-bond donors (Lipinski definition) is 2. The van der Waals surface area contributed by atoms with Crippen LogP contribution < -0.4 is 14.8 Å². The zero-order valence-electron chi connectivity index (χ0n) is 16.2. The van der Waals surface area contributed by atoms with Gasteiger partial charge in [0.2, 0.25) is 0 Å². The van der Waals surface area contributed by atoms with Crippen molar-refractivity contribution >= 4 is 16.9 Å². The molecule has 0 saturated heterocycles. The fourth-order valence-electron chi connectivity index (χ4n) is 3.71. The number of aromatic amines is 1. The summed E-state index contributed by atoms with van der Waals surface area (Å²) in [6.07, 6.45) is 1.62. The van der Waals surface area contributed by atoms with Crippen LogP contribution in [0.2, 0.25) is 0 Å². The Labute approximate surface area is 164 Å². The number of aromatic nitrogens is 1. The molecule has 0 spiro atoms. The van der Waals surface area contributed by atoms with Gasteiger partial charge in [-0.15, -0.1) is 0 Å². The second-order valence-electron chi connectivity index (χ2n) is 7.00. The molecule has 1 aliphatic heterocycles. The highest BCUT2D eigenvalue weighted by Gasteiger charge is 2.24. The molecule has 0 aliphatic carbocycles. The van der Waals surface area contributed by atoms with E-state index in [-0.39, 0.29) is 6.03 Å². The highest BCUT2D eigenvalue weighted by atomic mass is 16.5. The zero-order chi connectivity index (χ0) is 19.5. The molecular formula is C22H25N3O3. The number of urea groups is 1. The molecule has 4 rings (SSSR count). The summed E-state index contributed by atoms with van der Waals surface area (Å²) in [5.74, 6) is 1.67. The Morgan fingerprint density at radius 1 is 1.11 bits per heavy atom. The highest BCUT2D eigenvalue weighted by Crippen LogP contribution is 2.30. The van der Waals surface area contributed by atoms with Gasteiger partial charge in [-0.05, 0) is 42.3 Å². The Bertz CT molecular complexity index is 979. The minimum Gasteiger partial charge on any atom is -0.497 e. The Hall–Kier alpha value is -3.15. The molecule has 0 saturated carbocycles. The van der Waals surface area contributed by atoms with Gasteiger partial charge in [0.05, 0.1) is 14.2 Å². The number of fused-ring (bicyclic) bond motifs is 3. The lowest BCUT2D eigenvalue weighted by molar-refractivity contribution is 0.192. The van der Waals surface area contributed by atoms with Crippen molar-refractivity contribution in [3.63, 3.8) is 0 Å². The number of amides is 2. The predicted molar refractivity (Wildman–Crippen MR) is 109 cm³/mol. The molecule has 0 fully saturated rings. The van der Waals surface area contributed by atoms with Crippen molar-refractivity contribution in [3.8, 4) is 11.5 Å². The largest absolute Gasteiger partial charge is 0.497 e. The van der Waals surface area contributed by atoms with Crippen molar-refractivity contribution in [1.29, 1.82) is 0 Å². The lowest BCUT2D eigenvalue weighted by Gasteiger charge is -2.27. The van der Waals surface area contributed by atoms with E-state index >= 15 is 0 Å². The maximum absolute atomic E-state index is 12.6. The SMILES string of the molecule is COc1ccc(CCNC(=O)N2CCc3[nH]c4ccc(OC)cc4c3C2)cc1. The maximum Gasteiger partial charge on any atom is 0.317 e. The van der Waals surface area contributed by atoms with Crippen molar-refractivity contribution in [3.05, 3.63) is 59.3 Å². The van der Waals surface area contributed by atoms with E-state index in [0.29, 0.717) is 19.6 Å². The molecule has 2 heterocycles. The number of carbonyl (C=O) groups is 1. The van der Waals surface area contributed by atoms with Crippen molar-refractivity contribution in [1.82, 2.24) is 15.2 Å². The number of ether oxygens (including phenoxy) is 2. The summed E-state index contributed by atoms with van der Waals surface area (Å²) in [4.78, 5) is 18.0. The first-order chi connectivity index (χ1) is 13.7. The van der Waals surface area contributed by atoms with Crippen LogP contribution in [-0.2, 0) is 19.4 Å². The molecule has 0 bridgehead atoms. The summed E-state index contributed by atoms with van der Waals surface area (Å²) in [7, 11) is 3.33. The van der Waals surface area contributed by atoms with Gasteiger partial charge in [-0.25, -0.2) is 4.79 Å². The Morgan fingerprint density at radius 3 is 2.61 bits per heavy atom. The van der Waals surface area contributed by atoms with E-state index in [4.69, 9.17) is 9.47 Å². The van der Waals surface area contributed by atoms with Crippen LogP contribution in [0.25, 0.3) is 10.9 Å². The van der Waals surface area contributed by atoms with Gasteiger partial charge in [0, 0.05) is 48.2 Å². The molecule has 0 radical (unpaired) electrons. The fraction of sp³-hybridized carbons (Fsp3) is 0.318. The number of methoxy groups -OCH3 is 2. The molecule has 2 amide bonds. The first kappa shape index (κ1) is 18.2. The predicted octanol–water partition coefficient (Wildman–Crippen LogP) is 3.50. The van der Waals surface area contributed by atoms with E-state index in [2.05, 4.69) is 10.3 Å². The summed E-state index contributed by atoms with van der Waals surface area (Å²) >= 11 is 0. The molecule has 28 heavy (non-hydrogen) atoms. The van der Waals surface area contributed by atoms with Gasteiger partial charge in [-0.1, -0.05) is 12.1 Å². The van der Waals surface area contributed by atoms with Gasteiger partial charge in [-0.3, -0.25) is 0 Å². The molecule has 146 valence electrons. The van der Waals surface area contributed by atoms with Gasteiger partial charge in [0.25, 0.3) is 0 Å². The fourth-order valence-corrected chi connectivity index (χ4v) is 3.71. The number of nitrogens with one attached hydrogen (secondary N) is 2. The van der Waals surface area contributed by atoms with Crippen LogP contribution in [0.15, 0.2) is 42.5 Å². The van der Waals surface area contributed by atoms with E-state index in [9.17, 15) is 4.79 Å². The second-order valence-corrected chi connectivity index (χ2v) is 7.00. The smallest absolute Gasteiger partial charge is 0.317 e. The van der Waals surface area contributed by atoms with Crippen LogP contribution >= 0.6 is 0 Å². The van der Waals surface area contributed by atoms with E-state index in [1.807, 2.05) is 47.4 Å². The minimum absolute atomic E-state index is 0.0172. The molecule has 3 aromatic rings. The minimum atomic E-state index is -0.0172. The number of rotatable bonds is 5. The summed E-state index contributed by atoms with van der Waals surface area (Å²) < 4.78 is 10.5. The average molecular weight is 379 g/mol. The van der Waals surface area contributed by atoms with Crippen LogP contribution in [0, 0.1) is 0 Å². The molecule has 6 nitrogen and oxygen atoms in total. The van der Waals surface area contributed by atoms with Crippen LogP contribution in [0.5, 0.6) is 11.5 Å². The third-order valence-corrected chi connectivity index (χ3v) is 5.32. The van der Waals surface area contributed by atoms with E-state index in [0.717, 1.165) is 35.2 Å². The third-order valence-electron chi connectivity index (χ3n) is 5.32. The van der Waals surface area contributed by atoms with E-state index in [1.165, 1.54) is 16.8 Å². The quantitative estimate of drug-likeness (QED) is 0.713. The van der Waals surface area contributed by atoms with Gasteiger partial charge in [0.1, 0.15) is 11.5 Å². The lowest BCUT2D eigenvalue weighted by Crippen LogP contribution is -2.43. The highest BCUT2D eigenvalue weighted by molar-refractivity contribution is 5.87. The van der Waals surface area contributed by atoms with Crippen LogP contribution in [0.1, 0.15) is 16.8 Å². The number of benzene rings is 2. The first-order valence-corrected chi connectivity index (χ1v) is 9.51. The van der Waals surface area contributed by atoms with Crippen molar-refractivity contribution in [2.75, 3.05) is 27.3 Å². The number of hydrogen-bond acceptors (Lipinski definition) is 3. The Morgan fingerprint density at radius 2 is 1.86 bits per heavy atom. The molecular weight excluding hydrogens is 354 g/mol. The van der Waals surface area contributed by atoms with Crippen LogP contribution in [0.4, 0.5) is 4.79 Å². The molecule has 0 unspecified atom stereocenters. The normalized spacial score (nSPS) is 13.3. The van der Waals surface area contributed by atoms with Crippen LogP contribution in [0.3, 0.4) is 0 Å². The third kappa shape index (κ3) is 3.63. The van der Waals surface area contributed by atoms with Crippen molar-refractivity contribution in [2.45, 2.75) is 19.4 Å². The van der Waals surface area contributed by atoms with Gasteiger partial charge in [-0.2, -0.15) is 0 Å². The van der Waals surface area contributed by atoms with Gasteiger partial charge in [0.15, 0.2) is 0 Å². The topological polar surface area (TPSA) is 66.6 Å².